The first-order valence-corrected chi connectivity index (χ1v) is 10.8. The Hall–Kier alpha value is -2.93. The fourth-order valence-electron chi connectivity index (χ4n) is 4.71. The van der Waals surface area contributed by atoms with Gasteiger partial charge in [-0.25, -0.2) is 0 Å². The molecule has 0 spiro atoms. The van der Waals surface area contributed by atoms with Crippen LogP contribution in [0, 0.1) is 0 Å². The van der Waals surface area contributed by atoms with Crippen molar-refractivity contribution in [1.82, 2.24) is 9.80 Å². The molecule has 2 aromatic rings. The van der Waals surface area contributed by atoms with Gasteiger partial charge in [-0.05, 0) is 54.3 Å². The number of amides is 1. The molecule has 7 heteroatoms. The lowest BCUT2D eigenvalue weighted by atomic mass is 9.99. The third kappa shape index (κ3) is 4.56. The quantitative estimate of drug-likeness (QED) is 0.794. The summed E-state index contributed by atoms with van der Waals surface area (Å²) in [6.07, 6.45) is 1.90. The van der Waals surface area contributed by atoms with Crippen molar-refractivity contribution >= 4 is 11.6 Å². The normalized spacial score (nSPS) is 17.4. The van der Waals surface area contributed by atoms with Crippen LogP contribution in [0.25, 0.3) is 0 Å². The first-order chi connectivity index (χ1) is 15.0. The number of aromatic hydroxyl groups is 1. The molecular weight excluding hydrogens is 394 g/mol. The number of hydrogen-bond acceptors (Lipinski definition) is 6. The minimum absolute atomic E-state index is 0.150. The van der Waals surface area contributed by atoms with Gasteiger partial charge in [0.25, 0.3) is 0 Å². The average molecular weight is 426 g/mol. The Balaban J connectivity index is 1.55. The van der Waals surface area contributed by atoms with Crippen LogP contribution in [0.2, 0.25) is 0 Å². The Morgan fingerprint density at radius 3 is 2.48 bits per heavy atom. The second kappa shape index (κ2) is 9.06. The predicted octanol–water partition coefficient (Wildman–Crippen LogP) is 3.20. The molecule has 1 saturated heterocycles. The molecule has 0 radical (unpaired) electrons. The summed E-state index contributed by atoms with van der Waals surface area (Å²) in [6.45, 7) is 5.55. The third-order valence-electron chi connectivity index (χ3n) is 6.32. The van der Waals surface area contributed by atoms with Crippen LogP contribution < -0.4 is 14.4 Å². The summed E-state index contributed by atoms with van der Waals surface area (Å²) >= 11 is 0. The van der Waals surface area contributed by atoms with E-state index in [1.807, 2.05) is 29.2 Å². The number of methoxy groups -OCH3 is 2. The van der Waals surface area contributed by atoms with Gasteiger partial charge in [-0.1, -0.05) is 6.07 Å². The number of anilines is 1. The molecule has 0 atom stereocenters. The maximum absolute atomic E-state index is 11.7. The number of ether oxygens (including phenoxy) is 2. The van der Waals surface area contributed by atoms with E-state index < -0.39 is 0 Å². The maximum Gasteiger partial charge on any atom is 0.219 e. The minimum atomic E-state index is 0.150. The number of carbonyl (C=O) groups excluding carboxylic acids is 1. The van der Waals surface area contributed by atoms with Gasteiger partial charge in [0, 0.05) is 44.8 Å². The van der Waals surface area contributed by atoms with Crippen LogP contribution in [-0.2, 0) is 17.9 Å². The SMILES string of the molecule is COc1ccc(CN2Cc3cc(O)ccc3N(C3CCN(C(C)=O)CC3)C2)cc1OC. The smallest absolute Gasteiger partial charge is 0.219 e. The van der Waals surface area contributed by atoms with Gasteiger partial charge in [0.1, 0.15) is 5.75 Å². The zero-order valence-corrected chi connectivity index (χ0v) is 18.5. The lowest BCUT2D eigenvalue weighted by Crippen LogP contribution is -2.51. The number of fused-ring (bicyclic) bond motifs is 1. The highest BCUT2D eigenvalue weighted by Gasteiger charge is 2.31. The van der Waals surface area contributed by atoms with Crippen molar-refractivity contribution in [3.05, 3.63) is 47.5 Å². The molecule has 1 N–H and O–H groups in total. The number of piperidine rings is 1. The molecule has 2 aliphatic heterocycles. The van der Waals surface area contributed by atoms with Crippen molar-refractivity contribution in [3.63, 3.8) is 0 Å². The fraction of sp³-hybridized carbons (Fsp3) is 0.458. The van der Waals surface area contributed by atoms with Crippen LogP contribution in [0.1, 0.15) is 30.9 Å². The highest BCUT2D eigenvalue weighted by molar-refractivity contribution is 5.73. The topological polar surface area (TPSA) is 65.5 Å². The van der Waals surface area contributed by atoms with E-state index in [-0.39, 0.29) is 11.7 Å². The van der Waals surface area contributed by atoms with Crippen LogP contribution in [0.3, 0.4) is 0 Å². The molecule has 0 saturated carbocycles. The lowest BCUT2D eigenvalue weighted by Gasteiger charge is -2.45. The van der Waals surface area contributed by atoms with E-state index in [4.69, 9.17) is 9.47 Å². The number of phenols is 1. The third-order valence-corrected chi connectivity index (χ3v) is 6.32. The lowest BCUT2D eigenvalue weighted by molar-refractivity contribution is -0.129. The van der Waals surface area contributed by atoms with Gasteiger partial charge in [0.2, 0.25) is 5.91 Å². The van der Waals surface area contributed by atoms with Crippen molar-refractivity contribution in [2.24, 2.45) is 0 Å². The molecule has 2 heterocycles. The van der Waals surface area contributed by atoms with Crippen LogP contribution in [0.5, 0.6) is 17.2 Å². The molecule has 0 aliphatic carbocycles. The Morgan fingerprint density at radius 2 is 1.81 bits per heavy atom. The molecule has 0 bridgehead atoms. The van der Waals surface area contributed by atoms with Gasteiger partial charge in [0.15, 0.2) is 11.5 Å². The van der Waals surface area contributed by atoms with E-state index in [1.54, 1.807) is 27.2 Å². The average Bonchev–Trinajstić information content (AvgIpc) is 2.78. The highest BCUT2D eigenvalue weighted by atomic mass is 16.5. The molecule has 166 valence electrons. The summed E-state index contributed by atoms with van der Waals surface area (Å²) in [5.74, 6) is 1.89. The Labute approximate surface area is 183 Å². The van der Waals surface area contributed by atoms with Crippen molar-refractivity contribution in [1.29, 1.82) is 0 Å². The minimum Gasteiger partial charge on any atom is -0.508 e. The molecule has 2 aliphatic rings. The molecular formula is C24H31N3O4. The number of carbonyl (C=O) groups is 1. The van der Waals surface area contributed by atoms with Crippen molar-refractivity contribution in [2.75, 3.05) is 38.9 Å². The summed E-state index contributed by atoms with van der Waals surface area (Å²) in [5.41, 5.74) is 3.45. The molecule has 0 unspecified atom stereocenters. The molecule has 0 aromatic heterocycles. The molecule has 1 fully saturated rings. The van der Waals surface area contributed by atoms with Gasteiger partial charge >= 0.3 is 0 Å². The molecule has 2 aromatic carbocycles. The van der Waals surface area contributed by atoms with E-state index in [0.29, 0.717) is 6.04 Å². The molecule has 7 nitrogen and oxygen atoms in total. The van der Waals surface area contributed by atoms with Crippen molar-refractivity contribution in [2.45, 2.75) is 38.9 Å². The van der Waals surface area contributed by atoms with Crippen LogP contribution >= 0.6 is 0 Å². The molecule has 1 amide bonds. The number of benzene rings is 2. The standard InChI is InChI=1S/C24H31N3O4/c1-17(28)26-10-8-20(9-11-26)27-16-25(15-19-13-21(29)5-6-22(19)27)14-18-4-7-23(30-2)24(12-18)31-3/h4-7,12-13,20,29H,8-11,14-16H2,1-3H3. The number of hydrogen-bond donors (Lipinski definition) is 1. The van der Waals surface area contributed by atoms with Gasteiger partial charge in [-0.2, -0.15) is 0 Å². The van der Waals surface area contributed by atoms with Crippen molar-refractivity contribution < 1.29 is 19.4 Å². The first kappa shape index (κ1) is 21.3. The Morgan fingerprint density at radius 1 is 1.06 bits per heavy atom. The number of phenolic OH excluding ortho intramolecular Hbond substituents is 1. The summed E-state index contributed by atoms with van der Waals surface area (Å²) in [7, 11) is 3.29. The van der Waals surface area contributed by atoms with E-state index in [9.17, 15) is 9.90 Å². The fourth-order valence-corrected chi connectivity index (χ4v) is 4.71. The summed E-state index contributed by atoms with van der Waals surface area (Å²) in [5, 5.41) is 10.1. The number of rotatable bonds is 5. The zero-order valence-electron chi connectivity index (χ0n) is 18.5. The monoisotopic (exact) mass is 425 g/mol. The molecule has 4 rings (SSSR count). The zero-order chi connectivity index (χ0) is 22.0. The largest absolute Gasteiger partial charge is 0.508 e. The first-order valence-electron chi connectivity index (χ1n) is 10.8. The van der Waals surface area contributed by atoms with E-state index in [2.05, 4.69) is 15.9 Å². The summed E-state index contributed by atoms with van der Waals surface area (Å²) < 4.78 is 10.8. The maximum atomic E-state index is 11.7. The van der Waals surface area contributed by atoms with Gasteiger partial charge < -0.3 is 24.4 Å². The van der Waals surface area contributed by atoms with E-state index >= 15 is 0 Å². The predicted molar refractivity (Wildman–Crippen MR) is 120 cm³/mol. The van der Waals surface area contributed by atoms with Crippen molar-refractivity contribution in [3.8, 4) is 17.2 Å². The van der Waals surface area contributed by atoms with Crippen LogP contribution in [0.4, 0.5) is 5.69 Å². The van der Waals surface area contributed by atoms with Gasteiger partial charge in [-0.3, -0.25) is 9.69 Å². The van der Waals surface area contributed by atoms with Gasteiger partial charge in [-0.15, -0.1) is 0 Å². The summed E-state index contributed by atoms with van der Waals surface area (Å²) in [6, 6.07) is 12.0. The highest BCUT2D eigenvalue weighted by Crippen LogP contribution is 2.35. The Kier molecular flexibility index (Phi) is 6.23. The van der Waals surface area contributed by atoms with Crippen LogP contribution in [-0.4, -0.2) is 60.8 Å². The van der Waals surface area contributed by atoms with E-state index in [1.165, 1.54) is 5.69 Å². The number of likely N-dealkylation sites (tertiary alicyclic amines) is 1. The van der Waals surface area contributed by atoms with E-state index in [0.717, 1.165) is 68.3 Å². The second-order valence-corrected chi connectivity index (χ2v) is 8.34. The molecule has 31 heavy (non-hydrogen) atoms. The Bertz CT molecular complexity index is 940. The second-order valence-electron chi connectivity index (χ2n) is 8.34. The summed E-state index contributed by atoms with van der Waals surface area (Å²) in [4.78, 5) is 18.5. The van der Waals surface area contributed by atoms with Gasteiger partial charge in [0.05, 0.1) is 20.9 Å². The van der Waals surface area contributed by atoms with Crippen LogP contribution in [0.15, 0.2) is 36.4 Å². The number of nitrogens with zero attached hydrogens (tertiary/aromatic N) is 3.